The number of urea groups is 1. The van der Waals surface area contributed by atoms with Crippen molar-refractivity contribution in [3.63, 3.8) is 0 Å². The van der Waals surface area contributed by atoms with Gasteiger partial charge in [-0.25, -0.2) is 4.79 Å². The zero-order valence-corrected chi connectivity index (χ0v) is 12.3. The van der Waals surface area contributed by atoms with Crippen molar-refractivity contribution in [3.8, 4) is 0 Å². The Kier molecular flexibility index (Phi) is 7.69. The molecule has 0 atom stereocenters. The van der Waals surface area contributed by atoms with Gasteiger partial charge in [-0.05, 0) is 44.4 Å². The van der Waals surface area contributed by atoms with Crippen molar-refractivity contribution in [1.82, 2.24) is 5.32 Å². The first kappa shape index (κ1) is 16.5. The van der Waals surface area contributed by atoms with Gasteiger partial charge in [0.25, 0.3) is 0 Å². The monoisotopic (exact) mass is 279 g/mol. The van der Waals surface area contributed by atoms with Crippen LogP contribution in [0.3, 0.4) is 0 Å². The number of ether oxygens (including phenoxy) is 1. The minimum absolute atomic E-state index is 0.185. The lowest BCUT2D eigenvalue weighted by molar-refractivity contribution is 0.0761. The van der Waals surface area contributed by atoms with Crippen molar-refractivity contribution in [1.29, 1.82) is 0 Å². The van der Waals surface area contributed by atoms with Crippen LogP contribution in [0.25, 0.3) is 0 Å². The summed E-state index contributed by atoms with van der Waals surface area (Å²) in [5.74, 6) is 0. The molecule has 20 heavy (non-hydrogen) atoms. The van der Waals surface area contributed by atoms with Crippen molar-refractivity contribution in [2.24, 2.45) is 5.73 Å². The number of anilines is 1. The first-order valence-corrected chi connectivity index (χ1v) is 7.07. The van der Waals surface area contributed by atoms with Crippen LogP contribution in [0.15, 0.2) is 24.3 Å². The average Bonchev–Trinajstić information content (AvgIpc) is 2.43. The van der Waals surface area contributed by atoms with Crippen LogP contribution in [0.5, 0.6) is 0 Å². The maximum atomic E-state index is 11.6. The topological polar surface area (TPSA) is 76.4 Å². The highest BCUT2D eigenvalue weighted by atomic mass is 16.5. The fourth-order valence-corrected chi connectivity index (χ4v) is 1.65. The van der Waals surface area contributed by atoms with E-state index in [4.69, 9.17) is 10.5 Å². The molecule has 0 unspecified atom stereocenters. The number of hydrogen-bond donors (Lipinski definition) is 3. The van der Waals surface area contributed by atoms with E-state index in [-0.39, 0.29) is 12.1 Å². The van der Waals surface area contributed by atoms with Crippen LogP contribution in [0.1, 0.15) is 32.3 Å². The zero-order valence-electron chi connectivity index (χ0n) is 12.3. The first-order valence-electron chi connectivity index (χ1n) is 7.07. The number of nitrogens with one attached hydrogen (secondary N) is 2. The zero-order chi connectivity index (χ0) is 14.8. The SMILES string of the molecule is CC(C)OCCCCNC(=O)Nc1ccc(CN)cc1. The number of benzene rings is 1. The fraction of sp³-hybridized carbons (Fsp3) is 0.533. The lowest BCUT2D eigenvalue weighted by Gasteiger charge is -2.09. The van der Waals surface area contributed by atoms with E-state index in [0.717, 1.165) is 30.7 Å². The smallest absolute Gasteiger partial charge is 0.319 e. The molecule has 0 aliphatic heterocycles. The quantitative estimate of drug-likeness (QED) is 0.640. The Hall–Kier alpha value is -1.59. The molecule has 0 bridgehead atoms. The minimum atomic E-state index is -0.185. The van der Waals surface area contributed by atoms with Crippen molar-refractivity contribution < 1.29 is 9.53 Å². The van der Waals surface area contributed by atoms with Gasteiger partial charge in [0.1, 0.15) is 0 Å². The highest BCUT2D eigenvalue weighted by Gasteiger charge is 2.01. The van der Waals surface area contributed by atoms with E-state index in [2.05, 4.69) is 10.6 Å². The second-order valence-corrected chi connectivity index (χ2v) is 4.91. The molecule has 0 aliphatic carbocycles. The van der Waals surface area contributed by atoms with Crippen molar-refractivity contribution in [2.45, 2.75) is 39.3 Å². The molecular weight excluding hydrogens is 254 g/mol. The molecule has 0 saturated heterocycles. The Morgan fingerprint density at radius 1 is 1.25 bits per heavy atom. The van der Waals surface area contributed by atoms with E-state index < -0.39 is 0 Å². The van der Waals surface area contributed by atoms with Gasteiger partial charge in [0.2, 0.25) is 0 Å². The number of rotatable bonds is 8. The molecule has 1 aromatic rings. The third kappa shape index (κ3) is 7.11. The minimum Gasteiger partial charge on any atom is -0.379 e. The molecule has 1 rings (SSSR count). The van der Waals surface area contributed by atoms with Crippen LogP contribution < -0.4 is 16.4 Å². The molecule has 112 valence electrons. The van der Waals surface area contributed by atoms with Crippen LogP contribution in [-0.2, 0) is 11.3 Å². The highest BCUT2D eigenvalue weighted by molar-refractivity contribution is 5.89. The van der Waals surface area contributed by atoms with Crippen LogP contribution in [0.2, 0.25) is 0 Å². The largest absolute Gasteiger partial charge is 0.379 e. The molecule has 0 aliphatic rings. The average molecular weight is 279 g/mol. The van der Waals surface area contributed by atoms with Crippen LogP contribution in [-0.4, -0.2) is 25.3 Å². The Balaban J connectivity index is 2.13. The Morgan fingerprint density at radius 3 is 2.55 bits per heavy atom. The maximum absolute atomic E-state index is 11.6. The van der Waals surface area contributed by atoms with Gasteiger partial charge in [-0.1, -0.05) is 12.1 Å². The Bertz CT molecular complexity index is 391. The van der Waals surface area contributed by atoms with E-state index in [9.17, 15) is 4.79 Å². The van der Waals surface area contributed by atoms with Crippen LogP contribution >= 0.6 is 0 Å². The van der Waals surface area contributed by atoms with Gasteiger partial charge in [0, 0.05) is 25.4 Å². The number of carbonyl (C=O) groups is 1. The predicted octanol–water partition coefficient (Wildman–Crippen LogP) is 2.47. The normalized spacial score (nSPS) is 10.6. The summed E-state index contributed by atoms with van der Waals surface area (Å²) in [6.07, 6.45) is 2.12. The standard InChI is InChI=1S/C15H25N3O2/c1-12(2)20-10-4-3-9-17-15(19)18-14-7-5-13(11-16)6-8-14/h5-8,12H,3-4,9-11,16H2,1-2H3,(H2,17,18,19). The molecule has 4 N–H and O–H groups in total. The molecule has 0 spiro atoms. The fourth-order valence-electron chi connectivity index (χ4n) is 1.65. The number of unbranched alkanes of at least 4 members (excludes halogenated alkanes) is 1. The van der Waals surface area contributed by atoms with E-state index >= 15 is 0 Å². The predicted molar refractivity (Wildman–Crippen MR) is 81.7 cm³/mol. The Labute approximate surface area is 120 Å². The maximum Gasteiger partial charge on any atom is 0.319 e. The summed E-state index contributed by atoms with van der Waals surface area (Å²) in [6.45, 7) is 5.92. The van der Waals surface area contributed by atoms with Crippen molar-refractivity contribution >= 4 is 11.7 Å². The van der Waals surface area contributed by atoms with Gasteiger partial charge in [0.05, 0.1) is 6.10 Å². The number of hydrogen-bond acceptors (Lipinski definition) is 3. The second kappa shape index (κ2) is 9.34. The van der Waals surface area contributed by atoms with Gasteiger partial charge in [-0.15, -0.1) is 0 Å². The summed E-state index contributed by atoms with van der Waals surface area (Å²) in [6, 6.07) is 7.31. The lowest BCUT2D eigenvalue weighted by atomic mass is 10.2. The molecule has 0 fully saturated rings. The van der Waals surface area contributed by atoms with Gasteiger partial charge >= 0.3 is 6.03 Å². The molecule has 5 nitrogen and oxygen atoms in total. The summed E-state index contributed by atoms with van der Waals surface area (Å²) < 4.78 is 5.43. The number of amides is 2. The van der Waals surface area contributed by atoms with Crippen LogP contribution in [0, 0.1) is 0 Å². The highest BCUT2D eigenvalue weighted by Crippen LogP contribution is 2.08. The summed E-state index contributed by atoms with van der Waals surface area (Å²) in [5.41, 5.74) is 7.32. The summed E-state index contributed by atoms with van der Waals surface area (Å²) in [7, 11) is 0. The summed E-state index contributed by atoms with van der Waals surface area (Å²) >= 11 is 0. The van der Waals surface area contributed by atoms with E-state index in [1.165, 1.54) is 0 Å². The van der Waals surface area contributed by atoms with E-state index in [1.807, 2.05) is 38.1 Å². The first-order chi connectivity index (χ1) is 9.61. The van der Waals surface area contributed by atoms with Crippen molar-refractivity contribution in [3.05, 3.63) is 29.8 Å². The molecule has 0 saturated carbocycles. The number of carbonyl (C=O) groups excluding carboxylic acids is 1. The van der Waals surface area contributed by atoms with Crippen molar-refractivity contribution in [2.75, 3.05) is 18.5 Å². The lowest BCUT2D eigenvalue weighted by Crippen LogP contribution is -2.29. The molecule has 5 heteroatoms. The van der Waals surface area contributed by atoms with Gasteiger partial charge in [0.15, 0.2) is 0 Å². The van der Waals surface area contributed by atoms with Crippen LogP contribution in [0.4, 0.5) is 10.5 Å². The van der Waals surface area contributed by atoms with E-state index in [1.54, 1.807) is 0 Å². The van der Waals surface area contributed by atoms with Gasteiger partial charge in [-0.3, -0.25) is 0 Å². The summed E-state index contributed by atoms with van der Waals surface area (Å²) in [4.78, 5) is 11.6. The molecular formula is C15H25N3O2. The molecule has 0 aromatic heterocycles. The molecule has 2 amide bonds. The summed E-state index contributed by atoms with van der Waals surface area (Å²) in [5, 5.41) is 5.60. The van der Waals surface area contributed by atoms with Gasteiger partial charge in [-0.2, -0.15) is 0 Å². The molecule has 1 aromatic carbocycles. The third-order valence-corrected chi connectivity index (χ3v) is 2.76. The third-order valence-electron chi connectivity index (χ3n) is 2.76. The molecule has 0 heterocycles. The van der Waals surface area contributed by atoms with E-state index in [0.29, 0.717) is 13.1 Å². The Morgan fingerprint density at radius 2 is 1.95 bits per heavy atom. The second-order valence-electron chi connectivity index (χ2n) is 4.91. The number of nitrogens with two attached hydrogens (primary N) is 1. The van der Waals surface area contributed by atoms with Gasteiger partial charge < -0.3 is 21.1 Å². The molecule has 0 radical (unpaired) electrons.